The third-order valence-electron chi connectivity index (χ3n) is 3.02. The quantitative estimate of drug-likeness (QED) is 0.876. The highest BCUT2D eigenvalue weighted by molar-refractivity contribution is 7.99. The lowest BCUT2D eigenvalue weighted by Gasteiger charge is -2.13. The van der Waals surface area contributed by atoms with Crippen LogP contribution in [0.2, 0.25) is 5.02 Å². The Balaban J connectivity index is 1.89. The normalized spacial score (nSPS) is 15.9. The second-order valence-electron chi connectivity index (χ2n) is 4.69. The molecule has 104 valence electrons. The van der Waals surface area contributed by atoms with Gasteiger partial charge in [-0.2, -0.15) is 0 Å². The zero-order valence-corrected chi connectivity index (χ0v) is 12.7. The number of carbonyl (C=O) groups excluding carboxylic acids is 1. The van der Waals surface area contributed by atoms with Gasteiger partial charge in [-0.25, -0.2) is 0 Å². The van der Waals surface area contributed by atoms with Crippen molar-refractivity contribution >= 4 is 29.3 Å². The minimum Gasteiger partial charge on any atom is -0.496 e. The first kappa shape index (κ1) is 14.5. The molecule has 2 rings (SSSR count). The molecule has 3 nitrogen and oxygen atoms in total. The largest absolute Gasteiger partial charge is 0.496 e. The highest BCUT2D eigenvalue weighted by Crippen LogP contribution is 2.28. The standard InChI is InChI=1S/C14H18ClNO2S/c1-9(14(17)16-12-4-5-12)19-8-10-7-11(15)3-6-13(10)18-2/h3,6-7,9,12H,4-5,8H2,1-2H3,(H,16,17). The Kier molecular flexibility index (Phi) is 4.99. The summed E-state index contributed by atoms with van der Waals surface area (Å²) in [5.41, 5.74) is 1.02. The summed E-state index contributed by atoms with van der Waals surface area (Å²) in [5.74, 6) is 1.64. The summed E-state index contributed by atoms with van der Waals surface area (Å²) in [4.78, 5) is 11.8. The van der Waals surface area contributed by atoms with Crippen molar-refractivity contribution in [2.45, 2.75) is 36.8 Å². The third kappa shape index (κ3) is 4.32. The number of rotatable bonds is 6. The van der Waals surface area contributed by atoms with Crippen LogP contribution in [-0.4, -0.2) is 24.3 Å². The van der Waals surface area contributed by atoms with E-state index in [4.69, 9.17) is 16.3 Å². The highest BCUT2D eigenvalue weighted by atomic mass is 35.5. The molecular weight excluding hydrogens is 282 g/mol. The van der Waals surface area contributed by atoms with Crippen molar-refractivity contribution in [3.05, 3.63) is 28.8 Å². The number of nitrogens with one attached hydrogen (secondary N) is 1. The fourth-order valence-corrected chi connectivity index (χ4v) is 2.77. The molecule has 1 aromatic carbocycles. The molecule has 0 radical (unpaired) electrons. The van der Waals surface area contributed by atoms with E-state index >= 15 is 0 Å². The molecule has 1 N–H and O–H groups in total. The molecule has 0 aliphatic heterocycles. The van der Waals surface area contributed by atoms with Gasteiger partial charge in [-0.3, -0.25) is 4.79 Å². The molecule has 1 saturated carbocycles. The second kappa shape index (κ2) is 6.53. The number of benzene rings is 1. The zero-order valence-electron chi connectivity index (χ0n) is 11.1. The summed E-state index contributed by atoms with van der Waals surface area (Å²) in [6.45, 7) is 1.93. The first-order valence-electron chi connectivity index (χ1n) is 6.34. The summed E-state index contributed by atoms with van der Waals surface area (Å²) < 4.78 is 5.30. The first-order chi connectivity index (χ1) is 9.10. The van der Waals surface area contributed by atoms with Crippen LogP contribution in [0.15, 0.2) is 18.2 Å². The number of thioether (sulfide) groups is 1. The summed E-state index contributed by atoms with van der Waals surface area (Å²) in [7, 11) is 1.64. The summed E-state index contributed by atoms with van der Waals surface area (Å²) >= 11 is 7.58. The van der Waals surface area contributed by atoms with Gasteiger partial charge in [-0.1, -0.05) is 11.6 Å². The minimum absolute atomic E-state index is 0.0655. The Morgan fingerprint density at radius 2 is 2.32 bits per heavy atom. The molecule has 1 aliphatic carbocycles. The Hall–Kier alpha value is -0.870. The molecule has 1 unspecified atom stereocenters. The lowest BCUT2D eigenvalue weighted by atomic mass is 10.2. The van der Waals surface area contributed by atoms with E-state index in [1.54, 1.807) is 24.9 Å². The SMILES string of the molecule is COc1ccc(Cl)cc1CSC(C)C(=O)NC1CC1. The van der Waals surface area contributed by atoms with Crippen molar-refractivity contribution in [3.8, 4) is 5.75 Å². The average molecular weight is 300 g/mol. The van der Waals surface area contributed by atoms with E-state index in [0.29, 0.717) is 16.8 Å². The van der Waals surface area contributed by atoms with Crippen LogP contribution in [0, 0.1) is 0 Å². The van der Waals surface area contributed by atoms with Crippen LogP contribution in [0.4, 0.5) is 0 Å². The number of carbonyl (C=O) groups is 1. The molecule has 0 saturated heterocycles. The van der Waals surface area contributed by atoms with Gasteiger partial charge in [0.1, 0.15) is 5.75 Å². The van der Waals surface area contributed by atoms with E-state index in [-0.39, 0.29) is 11.2 Å². The van der Waals surface area contributed by atoms with Crippen molar-refractivity contribution in [2.24, 2.45) is 0 Å². The fourth-order valence-electron chi connectivity index (χ4n) is 1.70. The average Bonchev–Trinajstić information content (AvgIpc) is 3.20. The Morgan fingerprint density at radius 1 is 1.58 bits per heavy atom. The lowest BCUT2D eigenvalue weighted by Crippen LogP contribution is -2.32. The van der Waals surface area contributed by atoms with Crippen molar-refractivity contribution in [1.82, 2.24) is 5.32 Å². The van der Waals surface area contributed by atoms with E-state index in [2.05, 4.69) is 5.32 Å². The molecule has 1 aliphatic rings. The van der Waals surface area contributed by atoms with Gasteiger partial charge in [0.25, 0.3) is 0 Å². The van der Waals surface area contributed by atoms with Crippen LogP contribution < -0.4 is 10.1 Å². The molecule has 0 heterocycles. The van der Waals surface area contributed by atoms with E-state index in [1.807, 2.05) is 19.1 Å². The maximum absolute atomic E-state index is 11.8. The summed E-state index contributed by atoms with van der Waals surface area (Å²) in [6, 6.07) is 5.96. The number of amides is 1. The van der Waals surface area contributed by atoms with Crippen molar-refractivity contribution in [2.75, 3.05) is 7.11 Å². The number of ether oxygens (including phenoxy) is 1. The lowest BCUT2D eigenvalue weighted by molar-refractivity contribution is -0.120. The van der Waals surface area contributed by atoms with Gasteiger partial charge in [-0.05, 0) is 38.0 Å². The van der Waals surface area contributed by atoms with Crippen LogP contribution in [0.3, 0.4) is 0 Å². The predicted molar refractivity (Wildman–Crippen MR) is 79.9 cm³/mol. The number of methoxy groups -OCH3 is 1. The van der Waals surface area contributed by atoms with E-state index in [0.717, 1.165) is 24.2 Å². The fraction of sp³-hybridized carbons (Fsp3) is 0.500. The van der Waals surface area contributed by atoms with Crippen LogP contribution in [0.25, 0.3) is 0 Å². The summed E-state index contributed by atoms with van der Waals surface area (Å²) in [5, 5.41) is 3.63. The van der Waals surface area contributed by atoms with Crippen molar-refractivity contribution < 1.29 is 9.53 Å². The molecule has 1 aromatic rings. The number of hydrogen-bond acceptors (Lipinski definition) is 3. The molecule has 0 aromatic heterocycles. The van der Waals surface area contributed by atoms with Crippen molar-refractivity contribution in [1.29, 1.82) is 0 Å². The molecular formula is C14H18ClNO2S. The monoisotopic (exact) mass is 299 g/mol. The molecule has 0 spiro atoms. The van der Waals surface area contributed by atoms with E-state index in [1.165, 1.54) is 0 Å². The van der Waals surface area contributed by atoms with Gasteiger partial charge in [-0.15, -0.1) is 11.8 Å². The third-order valence-corrected chi connectivity index (χ3v) is 4.45. The van der Waals surface area contributed by atoms with Gasteiger partial charge in [0, 0.05) is 22.4 Å². The Labute approximate surface area is 123 Å². The molecule has 19 heavy (non-hydrogen) atoms. The van der Waals surface area contributed by atoms with Gasteiger partial charge >= 0.3 is 0 Å². The zero-order chi connectivity index (χ0) is 13.8. The topological polar surface area (TPSA) is 38.3 Å². The van der Waals surface area contributed by atoms with Gasteiger partial charge in [0.2, 0.25) is 5.91 Å². The first-order valence-corrected chi connectivity index (χ1v) is 7.77. The molecule has 5 heteroatoms. The number of hydrogen-bond donors (Lipinski definition) is 1. The second-order valence-corrected chi connectivity index (χ2v) is 6.46. The van der Waals surface area contributed by atoms with E-state index < -0.39 is 0 Å². The minimum atomic E-state index is -0.0655. The summed E-state index contributed by atoms with van der Waals surface area (Å²) in [6.07, 6.45) is 2.23. The smallest absolute Gasteiger partial charge is 0.233 e. The van der Waals surface area contributed by atoms with Crippen LogP contribution in [0.1, 0.15) is 25.3 Å². The Bertz CT molecular complexity index is 463. The maximum atomic E-state index is 11.8. The highest BCUT2D eigenvalue weighted by Gasteiger charge is 2.25. The Morgan fingerprint density at radius 3 is 2.95 bits per heavy atom. The van der Waals surface area contributed by atoms with E-state index in [9.17, 15) is 4.79 Å². The van der Waals surface area contributed by atoms with Crippen LogP contribution in [-0.2, 0) is 10.5 Å². The molecule has 1 amide bonds. The van der Waals surface area contributed by atoms with Crippen LogP contribution >= 0.6 is 23.4 Å². The van der Waals surface area contributed by atoms with Gasteiger partial charge in [0.05, 0.1) is 12.4 Å². The molecule has 0 bridgehead atoms. The van der Waals surface area contributed by atoms with Crippen LogP contribution in [0.5, 0.6) is 5.75 Å². The molecule has 1 fully saturated rings. The van der Waals surface area contributed by atoms with Crippen molar-refractivity contribution in [3.63, 3.8) is 0 Å². The maximum Gasteiger partial charge on any atom is 0.233 e. The van der Waals surface area contributed by atoms with Gasteiger partial charge < -0.3 is 10.1 Å². The number of halogens is 1. The van der Waals surface area contributed by atoms with Gasteiger partial charge in [0.15, 0.2) is 0 Å². The molecule has 1 atom stereocenters. The predicted octanol–water partition coefficient (Wildman–Crippen LogP) is 3.25.